The molecule has 1 aliphatic heterocycles. The minimum Gasteiger partial charge on any atom is -0.395 e. The van der Waals surface area contributed by atoms with Gasteiger partial charge in [-0.3, -0.25) is 0 Å². The lowest BCUT2D eigenvalue weighted by molar-refractivity contribution is 0.310. The molecule has 21 heavy (non-hydrogen) atoms. The number of nitrogens with two attached hydrogens (primary N) is 1. The van der Waals surface area contributed by atoms with Crippen LogP contribution in [-0.4, -0.2) is 39.5 Å². The van der Waals surface area contributed by atoms with Gasteiger partial charge in [-0.25, -0.2) is 17.5 Å². The number of sulfonamides is 1. The molecule has 0 aromatic heterocycles. The fourth-order valence-electron chi connectivity index (χ4n) is 2.32. The Morgan fingerprint density at radius 2 is 2.29 bits per heavy atom. The van der Waals surface area contributed by atoms with Gasteiger partial charge in [0.2, 0.25) is 10.0 Å². The zero-order valence-electron chi connectivity index (χ0n) is 11.4. The molecule has 1 saturated heterocycles. The number of likely N-dealkylation sites (N-methyl/N-ethyl adjacent to an activating group) is 1. The quantitative estimate of drug-likeness (QED) is 0.600. The van der Waals surface area contributed by atoms with Crippen LogP contribution >= 0.6 is 27.5 Å². The van der Waals surface area contributed by atoms with Gasteiger partial charge in [0.1, 0.15) is 4.90 Å². The van der Waals surface area contributed by atoms with E-state index in [1.165, 1.54) is 0 Å². The van der Waals surface area contributed by atoms with Crippen LogP contribution in [-0.2, 0) is 10.0 Å². The largest absolute Gasteiger partial charge is 0.395 e. The SMILES string of the molecule is CN1CCCC1CNS(=O)(=O)c1cc(Cl)c(Br)c(N)c1F. The molecule has 9 heteroatoms. The third-order valence-corrected chi connectivity index (χ3v) is 6.43. The maximum Gasteiger partial charge on any atom is 0.243 e. The monoisotopic (exact) mass is 399 g/mol. The van der Waals surface area contributed by atoms with Crippen molar-refractivity contribution in [1.29, 1.82) is 0 Å². The van der Waals surface area contributed by atoms with Crippen LogP contribution in [0.1, 0.15) is 12.8 Å². The second-order valence-electron chi connectivity index (χ2n) is 5.03. The van der Waals surface area contributed by atoms with Crippen molar-refractivity contribution >= 4 is 43.2 Å². The Balaban J connectivity index is 2.24. The van der Waals surface area contributed by atoms with Crippen molar-refractivity contribution in [3.63, 3.8) is 0 Å². The minimum atomic E-state index is -4.00. The highest BCUT2D eigenvalue weighted by Gasteiger charge is 2.27. The molecule has 0 bridgehead atoms. The highest BCUT2D eigenvalue weighted by molar-refractivity contribution is 9.10. The number of nitrogens with one attached hydrogen (secondary N) is 1. The van der Waals surface area contributed by atoms with E-state index < -0.39 is 20.7 Å². The number of hydrogen-bond acceptors (Lipinski definition) is 4. The summed E-state index contributed by atoms with van der Waals surface area (Å²) in [5, 5.41) is 0.0484. The van der Waals surface area contributed by atoms with Crippen LogP contribution in [0, 0.1) is 5.82 Å². The molecular formula is C12H16BrClFN3O2S. The minimum absolute atomic E-state index is 0.0484. The average molecular weight is 401 g/mol. The molecule has 0 aliphatic carbocycles. The number of nitrogen functional groups attached to an aromatic ring is 1. The van der Waals surface area contributed by atoms with E-state index in [0.717, 1.165) is 25.5 Å². The zero-order chi connectivity index (χ0) is 15.8. The van der Waals surface area contributed by atoms with Gasteiger partial charge < -0.3 is 10.6 Å². The number of rotatable bonds is 4. The molecule has 1 aromatic rings. The van der Waals surface area contributed by atoms with Crippen molar-refractivity contribution in [2.24, 2.45) is 0 Å². The standard InChI is InChI=1S/C12H16BrClFN3O2S/c1-18-4-2-3-7(18)6-17-21(19,20)9-5-8(14)10(13)12(16)11(9)15/h5,7,17H,2-4,6,16H2,1H3. The molecule has 0 spiro atoms. The number of nitrogens with zero attached hydrogens (tertiary/aromatic N) is 1. The summed E-state index contributed by atoms with van der Waals surface area (Å²) in [6.45, 7) is 1.16. The molecule has 5 nitrogen and oxygen atoms in total. The number of halogens is 3. The van der Waals surface area contributed by atoms with Crippen molar-refractivity contribution in [1.82, 2.24) is 9.62 Å². The first-order valence-electron chi connectivity index (χ1n) is 6.37. The van der Waals surface area contributed by atoms with Crippen LogP contribution in [0.25, 0.3) is 0 Å². The van der Waals surface area contributed by atoms with E-state index in [1.807, 2.05) is 7.05 Å². The molecule has 1 aliphatic rings. The topological polar surface area (TPSA) is 75.4 Å². The summed E-state index contributed by atoms with van der Waals surface area (Å²) in [4.78, 5) is 1.54. The Morgan fingerprint density at radius 1 is 1.62 bits per heavy atom. The second-order valence-corrected chi connectivity index (χ2v) is 7.96. The number of benzene rings is 1. The van der Waals surface area contributed by atoms with Crippen molar-refractivity contribution in [3.8, 4) is 0 Å². The van der Waals surface area contributed by atoms with E-state index in [0.29, 0.717) is 0 Å². The van der Waals surface area contributed by atoms with Crippen molar-refractivity contribution in [2.75, 3.05) is 25.9 Å². The molecule has 2 rings (SSSR count). The molecular weight excluding hydrogens is 385 g/mol. The number of hydrogen-bond donors (Lipinski definition) is 2. The molecule has 0 amide bonds. The summed E-state index contributed by atoms with van der Waals surface area (Å²) >= 11 is 8.87. The summed E-state index contributed by atoms with van der Waals surface area (Å²) in [5.74, 6) is -1.00. The van der Waals surface area contributed by atoms with E-state index in [1.54, 1.807) is 0 Å². The highest BCUT2D eigenvalue weighted by Crippen LogP contribution is 2.34. The predicted octanol–water partition coefficient (Wildman–Crippen LogP) is 2.20. The third kappa shape index (κ3) is 3.50. The fraction of sp³-hybridized carbons (Fsp3) is 0.500. The van der Waals surface area contributed by atoms with Crippen LogP contribution in [0.5, 0.6) is 0 Å². The lowest BCUT2D eigenvalue weighted by Crippen LogP contribution is -2.38. The summed E-state index contributed by atoms with van der Waals surface area (Å²) in [7, 11) is -2.07. The Kier molecular flexibility index (Phi) is 5.15. The summed E-state index contributed by atoms with van der Waals surface area (Å²) in [5.41, 5.74) is 5.20. The Morgan fingerprint density at radius 3 is 2.86 bits per heavy atom. The maximum atomic E-state index is 14.1. The van der Waals surface area contributed by atoms with E-state index in [4.69, 9.17) is 17.3 Å². The molecule has 0 radical (unpaired) electrons. The normalized spacial score (nSPS) is 20.1. The second kappa shape index (κ2) is 6.37. The summed E-state index contributed by atoms with van der Waals surface area (Å²) < 4.78 is 41.1. The van der Waals surface area contributed by atoms with Crippen molar-refractivity contribution in [3.05, 3.63) is 21.4 Å². The summed E-state index contributed by atoms with van der Waals surface area (Å²) in [6, 6.07) is 1.17. The van der Waals surface area contributed by atoms with Crippen LogP contribution < -0.4 is 10.5 Å². The van der Waals surface area contributed by atoms with Crippen LogP contribution in [0.15, 0.2) is 15.4 Å². The molecule has 0 saturated carbocycles. The van der Waals surface area contributed by atoms with E-state index in [9.17, 15) is 12.8 Å². The first-order valence-corrected chi connectivity index (χ1v) is 9.02. The van der Waals surface area contributed by atoms with Gasteiger partial charge in [-0.05, 0) is 48.4 Å². The lowest BCUT2D eigenvalue weighted by Gasteiger charge is -2.20. The number of likely N-dealkylation sites (tertiary alicyclic amines) is 1. The van der Waals surface area contributed by atoms with Gasteiger partial charge >= 0.3 is 0 Å². The maximum absolute atomic E-state index is 14.1. The van der Waals surface area contributed by atoms with Gasteiger partial charge in [0.05, 0.1) is 15.2 Å². The Labute approximate surface area is 136 Å². The molecule has 118 valence electrons. The van der Waals surface area contributed by atoms with Crippen molar-refractivity contribution in [2.45, 2.75) is 23.8 Å². The highest BCUT2D eigenvalue weighted by atomic mass is 79.9. The van der Waals surface area contributed by atoms with Crippen LogP contribution in [0.2, 0.25) is 5.02 Å². The Bertz CT molecular complexity index is 656. The average Bonchev–Trinajstić information content (AvgIpc) is 2.83. The molecule has 1 unspecified atom stereocenters. The van der Waals surface area contributed by atoms with Crippen LogP contribution in [0.4, 0.5) is 10.1 Å². The van der Waals surface area contributed by atoms with Gasteiger partial charge in [-0.1, -0.05) is 11.6 Å². The smallest absolute Gasteiger partial charge is 0.243 e. The van der Waals surface area contributed by atoms with Crippen LogP contribution in [0.3, 0.4) is 0 Å². The third-order valence-electron chi connectivity index (χ3n) is 3.63. The number of anilines is 1. The van der Waals surface area contributed by atoms with E-state index >= 15 is 0 Å². The van der Waals surface area contributed by atoms with Gasteiger partial charge in [-0.15, -0.1) is 0 Å². The summed E-state index contributed by atoms with van der Waals surface area (Å²) in [6.07, 6.45) is 1.93. The Hall–Kier alpha value is -0.410. The molecule has 1 atom stereocenters. The van der Waals surface area contributed by atoms with Gasteiger partial charge in [-0.2, -0.15) is 0 Å². The zero-order valence-corrected chi connectivity index (χ0v) is 14.5. The fourth-order valence-corrected chi connectivity index (χ4v) is 4.07. The molecule has 1 fully saturated rings. The predicted molar refractivity (Wildman–Crippen MR) is 84.4 cm³/mol. The van der Waals surface area contributed by atoms with Crippen molar-refractivity contribution < 1.29 is 12.8 Å². The van der Waals surface area contributed by atoms with Gasteiger partial charge in [0, 0.05) is 12.6 Å². The van der Waals surface area contributed by atoms with Gasteiger partial charge in [0.15, 0.2) is 5.82 Å². The van der Waals surface area contributed by atoms with Gasteiger partial charge in [0.25, 0.3) is 0 Å². The van der Waals surface area contributed by atoms with E-state index in [-0.39, 0.29) is 27.8 Å². The lowest BCUT2D eigenvalue weighted by atomic mass is 10.2. The van der Waals surface area contributed by atoms with E-state index in [2.05, 4.69) is 25.6 Å². The first kappa shape index (κ1) is 17.0. The molecule has 1 aromatic carbocycles. The first-order chi connectivity index (χ1) is 9.74. The molecule has 3 N–H and O–H groups in total. The molecule has 1 heterocycles.